The highest BCUT2D eigenvalue weighted by Crippen LogP contribution is 2.20. The summed E-state index contributed by atoms with van der Waals surface area (Å²) < 4.78 is 10.6. The Labute approximate surface area is 174 Å². The summed E-state index contributed by atoms with van der Waals surface area (Å²) in [7, 11) is 0. The first kappa shape index (κ1) is 19.4. The van der Waals surface area contributed by atoms with Crippen molar-refractivity contribution < 1.29 is 19.1 Å². The lowest BCUT2D eigenvalue weighted by molar-refractivity contribution is 0.0529. The van der Waals surface area contributed by atoms with Gasteiger partial charge in [0.25, 0.3) is 0 Å². The van der Waals surface area contributed by atoms with Gasteiger partial charge in [-0.1, -0.05) is 72.8 Å². The molecule has 4 rings (SSSR count). The fourth-order valence-corrected chi connectivity index (χ4v) is 3.35. The standard InChI is InChI=1S/C26H20O4/c27-25(23-15-7-11-19-9-1-3-13-21(19)23)29-17-5-6-18-30-26(28)24-16-8-12-20-10-2-4-14-22(20)24/h1-16H,17-18H2. The molecule has 4 aromatic carbocycles. The normalized spacial score (nSPS) is 11.1. The number of benzene rings is 4. The number of esters is 2. The zero-order valence-electron chi connectivity index (χ0n) is 16.3. The van der Waals surface area contributed by atoms with E-state index in [-0.39, 0.29) is 25.2 Å². The van der Waals surface area contributed by atoms with E-state index in [9.17, 15) is 9.59 Å². The largest absolute Gasteiger partial charge is 0.458 e. The Morgan fingerprint density at radius 2 is 0.967 bits per heavy atom. The van der Waals surface area contributed by atoms with Gasteiger partial charge in [-0.3, -0.25) is 0 Å². The molecule has 0 aliphatic rings. The van der Waals surface area contributed by atoms with Crippen molar-refractivity contribution in [1.29, 1.82) is 0 Å². The molecular formula is C26H20O4. The summed E-state index contributed by atoms with van der Waals surface area (Å²) in [6.07, 6.45) is 3.33. The smallest absolute Gasteiger partial charge is 0.339 e. The number of carbonyl (C=O) groups excluding carboxylic acids is 2. The van der Waals surface area contributed by atoms with Crippen molar-refractivity contribution in [2.45, 2.75) is 0 Å². The van der Waals surface area contributed by atoms with Crippen LogP contribution in [0, 0.1) is 0 Å². The number of carbonyl (C=O) groups is 2. The highest BCUT2D eigenvalue weighted by atomic mass is 16.5. The van der Waals surface area contributed by atoms with E-state index in [1.807, 2.05) is 72.8 Å². The summed E-state index contributed by atoms with van der Waals surface area (Å²) in [6.45, 7) is 0.210. The number of hydrogen-bond acceptors (Lipinski definition) is 4. The molecule has 148 valence electrons. The van der Waals surface area contributed by atoms with Crippen molar-refractivity contribution in [3.05, 3.63) is 108 Å². The van der Waals surface area contributed by atoms with Crippen LogP contribution in [-0.4, -0.2) is 25.2 Å². The predicted octanol–water partition coefficient (Wildman–Crippen LogP) is 5.56. The Bertz CT molecular complexity index is 1130. The average Bonchev–Trinajstić information content (AvgIpc) is 2.80. The van der Waals surface area contributed by atoms with Crippen LogP contribution in [0.25, 0.3) is 21.5 Å². The van der Waals surface area contributed by atoms with E-state index < -0.39 is 0 Å². The van der Waals surface area contributed by atoms with Crippen molar-refractivity contribution in [2.75, 3.05) is 13.2 Å². The molecule has 0 bridgehead atoms. The molecule has 0 fully saturated rings. The summed E-state index contributed by atoms with van der Waals surface area (Å²) in [6, 6.07) is 26.4. The molecule has 4 heteroatoms. The molecule has 30 heavy (non-hydrogen) atoms. The Morgan fingerprint density at radius 3 is 1.43 bits per heavy atom. The molecule has 0 heterocycles. The molecule has 0 aliphatic heterocycles. The van der Waals surface area contributed by atoms with Crippen LogP contribution in [0.3, 0.4) is 0 Å². The first-order chi connectivity index (χ1) is 14.7. The second-order valence-corrected chi connectivity index (χ2v) is 6.72. The average molecular weight is 396 g/mol. The second kappa shape index (κ2) is 9.05. The van der Waals surface area contributed by atoms with Gasteiger partial charge in [-0.15, -0.1) is 0 Å². The first-order valence-electron chi connectivity index (χ1n) is 9.69. The first-order valence-corrected chi connectivity index (χ1v) is 9.69. The molecule has 0 aromatic heterocycles. The third-order valence-electron chi connectivity index (χ3n) is 4.81. The summed E-state index contributed by atoms with van der Waals surface area (Å²) in [4.78, 5) is 24.7. The molecule has 0 atom stereocenters. The van der Waals surface area contributed by atoms with Crippen molar-refractivity contribution in [3.8, 4) is 0 Å². The number of fused-ring (bicyclic) bond motifs is 2. The SMILES string of the molecule is O=C(OCC=CCOC(=O)c1cccc2ccccc12)c1cccc2ccccc12. The second-order valence-electron chi connectivity index (χ2n) is 6.72. The minimum atomic E-state index is -0.385. The molecule has 0 unspecified atom stereocenters. The van der Waals surface area contributed by atoms with E-state index in [2.05, 4.69) is 0 Å². The maximum atomic E-state index is 12.4. The number of ether oxygens (including phenoxy) is 2. The minimum absolute atomic E-state index is 0.105. The van der Waals surface area contributed by atoms with Gasteiger partial charge in [-0.2, -0.15) is 0 Å². The van der Waals surface area contributed by atoms with Crippen molar-refractivity contribution in [2.24, 2.45) is 0 Å². The van der Waals surface area contributed by atoms with Gasteiger partial charge in [0.05, 0.1) is 11.1 Å². The topological polar surface area (TPSA) is 52.6 Å². The van der Waals surface area contributed by atoms with Crippen LogP contribution in [-0.2, 0) is 9.47 Å². The maximum Gasteiger partial charge on any atom is 0.339 e. The van der Waals surface area contributed by atoms with Crippen molar-refractivity contribution in [3.63, 3.8) is 0 Å². The van der Waals surface area contributed by atoms with E-state index >= 15 is 0 Å². The van der Waals surface area contributed by atoms with E-state index in [1.54, 1.807) is 24.3 Å². The molecule has 0 saturated carbocycles. The lowest BCUT2D eigenvalue weighted by Gasteiger charge is -2.06. The van der Waals surface area contributed by atoms with Gasteiger partial charge in [0, 0.05) is 0 Å². The van der Waals surface area contributed by atoms with E-state index in [0.29, 0.717) is 11.1 Å². The highest BCUT2D eigenvalue weighted by molar-refractivity contribution is 6.05. The summed E-state index contributed by atoms with van der Waals surface area (Å²) in [5, 5.41) is 3.70. The highest BCUT2D eigenvalue weighted by Gasteiger charge is 2.11. The molecule has 0 N–H and O–H groups in total. The van der Waals surface area contributed by atoms with Crippen LogP contribution in [0.5, 0.6) is 0 Å². The zero-order valence-corrected chi connectivity index (χ0v) is 16.3. The van der Waals surface area contributed by atoms with Gasteiger partial charge in [0.2, 0.25) is 0 Å². The van der Waals surface area contributed by atoms with Crippen LogP contribution in [0.15, 0.2) is 97.1 Å². The predicted molar refractivity (Wildman–Crippen MR) is 118 cm³/mol. The fourth-order valence-electron chi connectivity index (χ4n) is 3.35. The van der Waals surface area contributed by atoms with Crippen molar-refractivity contribution >= 4 is 33.5 Å². The molecule has 0 saturated heterocycles. The van der Waals surface area contributed by atoms with Crippen LogP contribution < -0.4 is 0 Å². The molecular weight excluding hydrogens is 376 g/mol. The van der Waals surface area contributed by atoms with E-state index in [0.717, 1.165) is 21.5 Å². The van der Waals surface area contributed by atoms with Gasteiger partial charge in [-0.25, -0.2) is 9.59 Å². The Hall–Kier alpha value is -3.92. The van der Waals surface area contributed by atoms with Gasteiger partial charge in [0.1, 0.15) is 13.2 Å². The van der Waals surface area contributed by atoms with Crippen molar-refractivity contribution in [1.82, 2.24) is 0 Å². The van der Waals surface area contributed by atoms with Crippen LogP contribution >= 0.6 is 0 Å². The molecule has 0 radical (unpaired) electrons. The zero-order chi connectivity index (χ0) is 20.8. The number of hydrogen-bond donors (Lipinski definition) is 0. The third-order valence-corrected chi connectivity index (χ3v) is 4.81. The van der Waals surface area contributed by atoms with Gasteiger partial charge >= 0.3 is 11.9 Å². The monoisotopic (exact) mass is 396 g/mol. The van der Waals surface area contributed by atoms with Crippen LogP contribution in [0.1, 0.15) is 20.7 Å². The lowest BCUT2D eigenvalue weighted by atomic mass is 10.1. The van der Waals surface area contributed by atoms with Gasteiger partial charge < -0.3 is 9.47 Å². The minimum Gasteiger partial charge on any atom is -0.458 e. The quantitative estimate of drug-likeness (QED) is 0.316. The lowest BCUT2D eigenvalue weighted by Crippen LogP contribution is -2.07. The molecule has 4 nitrogen and oxygen atoms in total. The Kier molecular flexibility index (Phi) is 5.85. The summed E-state index contributed by atoms with van der Waals surface area (Å²) in [5.74, 6) is -0.770. The van der Waals surface area contributed by atoms with Crippen LogP contribution in [0.4, 0.5) is 0 Å². The van der Waals surface area contributed by atoms with E-state index in [1.165, 1.54) is 0 Å². The fraction of sp³-hybridized carbons (Fsp3) is 0.0769. The summed E-state index contributed by atoms with van der Waals surface area (Å²) >= 11 is 0. The molecule has 0 aliphatic carbocycles. The maximum absolute atomic E-state index is 12.4. The van der Waals surface area contributed by atoms with Crippen LogP contribution in [0.2, 0.25) is 0 Å². The Morgan fingerprint density at radius 1 is 0.567 bits per heavy atom. The Balaban J connectivity index is 1.30. The molecule has 0 spiro atoms. The molecule has 0 amide bonds. The van der Waals surface area contributed by atoms with E-state index in [4.69, 9.17) is 9.47 Å². The summed E-state index contributed by atoms with van der Waals surface area (Å²) in [5.41, 5.74) is 1.06. The van der Waals surface area contributed by atoms with Gasteiger partial charge in [0.15, 0.2) is 0 Å². The third kappa shape index (κ3) is 4.23. The number of rotatable bonds is 6. The molecule has 4 aromatic rings. The van der Waals surface area contributed by atoms with Gasteiger partial charge in [-0.05, 0) is 45.8 Å².